The van der Waals surface area contributed by atoms with Crippen molar-refractivity contribution in [3.63, 3.8) is 0 Å². The molecule has 1 N–H and O–H groups in total. The van der Waals surface area contributed by atoms with E-state index in [4.69, 9.17) is 0 Å². The number of rotatable bonds is 3. The molecular weight excluding hydrogens is 232 g/mol. The van der Waals surface area contributed by atoms with Crippen molar-refractivity contribution in [3.05, 3.63) is 47.7 Å². The van der Waals surface area contributed by atoms with E-state index in [-0.39, 0.29) is 5.54 Å². The molecule has 0 bridgehead atoms. The second-order valence-electron chi connectivity index (χ2n) is 6.02. The minimum atomic E-state index is 0.145. The van der Waals surface area contributed by atoms with Gasteiger partial charge in [0.15, 0.2) is 0 Å². The van der Waals surface area contributed by atoms with Crippen LogP contribution in [0.2, 0.25) is 0 Å². The van der Waals surface area contributed by atoms with Crippen LogP contribution in [0, 0.1) is 0 Å². The van der Waals surface area contributed by atoms with Gasteiger partial charge in [0.2, 0.25) is 0 Å². The molecule has 0 saturated carbocycles. The highest BCUT2D eigenvalue weighted by molar-refractivity contribution is 5.87. The predicted octanol–water partition coefficient (Wildman–Crippen LogP) is 4.03. The van der Waals surface area contributed by atoms with Crippen LogP contribution in [0.5, 0.6) is 0 Å². The van der Waals surface area contributed by atoms with Gasteiger partial charge < -0.3 is 5.32 Å². The summed E-state index contributed by atoms with van der Waals surface area (Å²) < 4.78 is 0. The lowest BCUT2D eigenvalue weighted by atomic mass is 10.1. The molecule has 0 fully saturated rings. The fraction of sp³-hybridized carbons (Fsp3) is 0.353. The van der Waals surface area contributed by atoms with Gasteiger partial charge in [0.1, 0.15) is 0 Å². The minimum absolute atomic E-state index is 0.145. The molecule has 2 nitrogen and oxygen atoms in total. The molecule has 0 unspecified atom stereocenters. The predicted molar refractivity (Wildman–Crippen MR) is 83.1 cm³/mol. The number of pyridine rings is 1. The molecule has 0 aliphatic carbocycles. The molecule has 0 amide bonds. The summed E-state index contributed by atoms with van der Waals surface area (Å²) in [6.45, 7) is 9.59. The second kappa shape index (κ2) is 5.54. The maximum absolute atomic E-state index is 4.48. The van der Waals surface area contributed by atoms with Crippen molar-refractivity contribution in [1.82, 2.24) is 10.3 Å². The molecule has 1 aromatic heterocycles. The number of hydrogen-bond acceptors (Lipinski definition) is 2. The number of benzene rings is 1. The fourth-order valence-electron chi connectivity index (χ4n) is 1.97. The van der Waals surface area contributed by atoms with Gasteiger partial charge in [-0.2, -0.15) is 0 Å². The summed E-state index contributed by atoms with van der Waals surface area (Å²) in [5.74, 6) is 0. The Hall–Kier alpha value is -1.67. The number of para-hydroxylation sites is 1. The van der Waals surface area contributed by atoms with Crippen molar-refractivity contribution < 1.29 is 0 Å². The first kappa shape index (κ1) is 13.8. The molecule has 0 saturated heterocycles. The van der Waals surface area contributed by atoms with E-state index in [9.17, 15) is 0 Å². The SMILES string of the molecule is CC(=Cc1cccc2cccnc12)CNC(C)(C)C. The van der Waals surface area contributed by atoms with E-state index in [1.165, 1.54) is 16.5 Å². The maximum atomic E-state index is 4.48. The van der Waals surface area contributed by atoms with Gasteiger partial charge in [-0.15, -0.1) is 0 Å². The molecule has 0 radical (unpaired) electrons. The second-order valence-corrected chi connectivity index (χ2v) is 6.02. The van der Waals surface area contributed by atoms with Crippen molar-refractivity contribution in [1.29, 1.82) is 0 Å². The van der Waals surface area contributed by atoms with Crippen molar-refractivity contribution in [2.24, 2.45) is 0 Å². The van der Waals surface area contributed by atoms with Crippen molar-refractivity contribution in [2.45, 2.75) is 33.2 Å². The van der Waals surface area contributed by atoms with E-state index in [1.807, 2.05) is 12.3 Å². The summed E-state index contributed by atoms with van der Waals surface area (Å²) in [7, 11) is 0. The van der Waals surface area contributed by atoms with Crippen molar-refractivity contribution in [3.8, 4) is 0 Å². The zero-order valence-corrected chi connectivity index (χ0v) is 12.2. The normalized spacial score (nSPS) is 12.9. The Kier molecular flexibility index (Phi) is 4.01. The molecular formula is C17H22N2. The highest BCUT2D eigenvalue weighted by atomic mass is 14.9. The number of fused-ring (bicyclic) bond motifs is 1. The van der Waals surface area contributed by atoms with E-state index >= 15 is 0 Å². The Morgan fingerprint density at radius 2 is 1.95 bits per heavy atom. The van der Waals surface area contributed by atoms with Gasteiger partial charge in [-0.05, 0) is 33.8 Å². The molecule has 0 aliphatic heterocycles. The van der Waals surface area contributed by atoms with Gasteiger partial charge in [-0.1, -0.05) is 35.9 Å². The summed E-state index contributed by atoms with van der Waals surface area (Å²) in [6, 6.07) is 10.4. The van der Waals surface area contributed by atoms with Crippen LogP contribution in [0.1, 0.15) is 33.3 Å². The summed E-state index contributed by atoms with van der Waals surface area (Å²) in [6.07, 6.45) is 4.07. The fourth-order valence-corrected chi connectivity index (χ4v) is 1.97. The Bertz CT molecular complexity index is 586. The van der Waals surface area contributed by atoms with Crippen LogP contribution < -0.4 is 5.32 Å². The number of hydrogen-bond donors (Lipinski definition) is 1. The van der Waals surface area contributed by atoms with Crippen LogP contribution >= 0.6 is 0 Å². The molecule has 2 aromatic rings. The third-order valence-electron chi connectivity index (χ3n) is 2.96. The van der Waals surface area contributed by atoms with Gasteiger partial charge in [-0.25, -0.2) is 0 Å². The van der Waals surface area contributed by atoms with Crippen LogP contribution in [-0.2, 0) is 0 Å². The smallest absolute Gasteiger partial charge is 0.0774 e. The van der Waals surface area contributed by atoms with E-state index < -0.39 is 0 Å². The Balaban J connectivity index is 2.25. The number of nitrogens with one attached hydrogen (secondary N) is 1. The standard InChI is InChI=1S/C17H22N2/c1-13(12-19-17(2,3)4)11-15-8-5-7-14-9-6-10-18-16(14)15/h5-11,19H,12H2,1-4H3. The van der Waals surface area contributed by atoms with E-state index in [0.717, 1.165) is 12.1 Å². The number of nitrogens with zero attached hydrogens (tertiary/aromatic N) is 1. The Morgan fingerprint density at radius 1 is 1.21 bits per heavy atom. The van der Waals surface area contributed by atoms with Crippen molar-refractivity contribution in [2.75, 3.05) is 6.54 Å². The Labute approximate surface area is 115 Å². The first-order valence-corrected chi connectivity index (χ1v) is 6.72. The summed E-state index contributed by atoms with van der Waals surface area (Å²) in [5, 5.41) is 4.69. The van der Waals surface area contributed by atoms with Crippen LogP contribution in [-0.4, -0.2) is 17.1 Å². The summed E-state index contributed by atoms with van der Waals surface area (Å²) in [5.41, 5.74) is 3.71. The van der Waals surface area contributed by atoms with E-state index in [2.05, 4.69) is 68.3 Å². The number of aromatic nitrogens is 1. The molecule has 0 aliphatic rings. The molecule has 1 aromatic carbocycles. The first-order valence-electron chi connectivity index (χ1n) is 6.72. The molecule has 2 heteroatoms. The largest absolute Gasteiger partial charge is 0.308 e. The minimum Gasteiger partial charge on any atom is -0.308 e. The Morgan fingerprint density at radius 3 is 2.68 bits per heavy atom. The average Bonchev–Trinajstić information content (AvgIpc) is 2.36. The maximum Gasteiger partial charge on any atom is 0.0774 e. The molecule has 0 atom stereocenters. The average molecular weight is 254 g/mol. The summed E-state index contributed by atoms with van der Waals surface area (Å²) >= 11 is 0. The van der Waals surface area contributed by atoms with Gasteiger partial charge >= 0.3 is 0 Å². The van der Waals surface area contributed by atoms with Gasteiger partial charge in [-0.3, -0.25) is 4.98 Å². The molecule has 100 valence electrons. The van der Waals surface area contributed by atoms with E-state index in [0.29, 0.717) is 0 Å². The lowest BCUT2D eigenvalue weighted by Crippen LogP contribution is -2.36. The quantitative estimate of drug-likeness (QED) is 0.894. The first-order chi connectivity index (χ1) is 8.96. The highest BCUT2D eigenvalue weighted by Gasteiger charge is 2.08. The van der Waals surface area contributed by atoms with Crippen LogP contribution in [0.4, 0.5) is 0 Å². The zero-order valence-electron chi connectivity index (χ0n) is 12.2. The molecule has 2 rings (SSSR count). The van der Waals surface area contributed by atoms with Gasteiger partial charge in [0.05, 0.1) is 5.52 Å². The highest BCUT2D eigenvalue weighted by Crippen LogP contribution is 2.18. The molecule has 19 heavy (non-hydrogen) atoms. The molecule has 0 spiro atoms. The molecule has 1 heterocycles. The van der Waals surface area contributed by atoms with Crippen molar-refractivity contribution >= 4 is 17.0 Å². The van der Waals surface area contributed by atoms with Gasteiger partial charge in [0.25, 0.3) is 0 Å². The van der Waals surface area contributed by atoms with E-state index in [1.54, 1.807) is 0 Å². The summed E-state index contributed by atoms with van der Waals surface area (Å²) in [4.78, 5) is 4.48. The third-order valence-corrected chi connectivity index (χ3v) is 2.96. The zero-order chi connectivity index (χ0) is 13.9. The monoisotopic (exact) mass is 254 g/mol. The lowest BCUT2D eigenvalue weighted by molar-refractivity contribution is 0.445. The van der Waals surface area contributed by atoms with Crippen LogP contribution in [0.15, 0.2) is 42.1 Å². The topological polar surface area (TPSA) is 24.9 Å². The third kappa shape index (κ3) is 3.90. The van der Waals surface area contributed by atoms with Gasteiger partial charge in [0, 0.05) is 29.2 Å². The van der Waals surface area contributed by atoms with Crippen LogP contribution in [0.3, 0.4) is 0 Å². The lowest BCUT2D eigenvalue weighted by Gasteiger charge is -2.20. The van der Waals surface area contributed by atoms with Crippen LogP contribution in [0.25, 0.3) is 17.0 Å².